The second-order valence-corrected chi connectivity index (χ2v) is 3.76. The first-order valence-corrected chi connectivity index (χ1v) is 4.70. The molecule has 1 aromatic carbocycles. The Morgan fingerprint density at radius 2 is 1.64 bits per heavy atom. The number of fused-ring (bicyclic) bond motifs is 1. The van der Waals surface area contributed by atoms with Crippen molar-refractivity contribution in [2.75, 3.05) is 0 Å². The van der Waals surface area contributed by atoms with Crippen LogP contribution in [-0.4, -0.2) is 0 Å². The molecule has 2 aromatic rings. The van der Waals surface area contributed by atoms with Crippen molar-refractivity contribution in [2.45, 2.75) is 20.8 Å². The molecule has 0 radical (unpaired) electrons. The van der Waals surface area contributed by atoms with E-state index in [0.29, 0.717) is 0 Å². The van der Waals surface area contributed by atoms with Crippen LogP contribution < -0.4 is 4.73 Å². The van der Waals surface area contributed by atoms with E-state index in [0.717, 1.165) is 26.9 Å². The summed E-state index contributed by atoms with van der Waals surface area (Å²) in [6, 6.07) is 7.85. The van der Waals surface area contributed by atoms with Crippen molar-refractivity contribution in [1.29, 1.82) is 0 Å². The van der Waals surface area contributed by atoms with E-state index in [1.807, 2.05) is 32.0 Å². The summed E-state index contributed by atoms with van der Waals surface area (Å²) < 4.78 is 0.988. The molecule has 2 heteroatoms. The average molecular weight is 187 g/mol. The first-order chi connectivity index (χ1) is 6.59. The maximum absolute atomic E-state index is 11.7. The minimum Gasteiger partial charge on any atom is -0.618 e. The van der Waals surface area contributed by atoms with Crippen LogP contribution in [0.4, 0.5) is 0 Å². The quantitative estimate of drug-likeness (QED) is 0.459. The molecule has 14 heavy (non-hydrogen) atoms. The van der Waals surface area contributed by atoms with Crippen molar-refractivity contribution in [2.24, 2.45) is 0 Å². The molecular formula is C12H13NO. The largest absolute Gasteiger partial charge is 0.618 e. The first-order valence-electron chi connectivity index (χ1n) is 4.70. The van der Waals surface area contributed by atoms with Gasteiger partial charge in [0.05, 0.1) is 0 Å². The van der Waals surface area contributed by atoms with Crippen LogP contribution in [0.25, 0.3) is 10.9 Å². The van der Waals surface area contributed by atoms with Crippen molar-refractivity contribution in [3.63, 3.8) is 0 Å². The number of pyridine rings is 1. The zero-order valence-corrected chi connectivity index (χ0v) is 8.66. The summed E-state index contributed by atoms with van der Waals surface area (Å²) in [6.07, 6.45) is 0. The molecule has 1 aromatic heterocycles. The predicted octanol–water partition coefficient (Wildman–Crippen LogP) is 2.40. The maximum Gasteiger partial charge on any atom is 0.224 e. The van der Waals surface area contributed by atoms with E-state index in [1.165, 1.54) is 5.56 Å². The molecule has 0 N–H and O–H groups in total. The molecule has 0 atom stereocenters. The van der Waals surface area contributed by atoms with Crippen molar-refractivity contribution >= 4 is 10.9 Å². The number of rotatable bonds is 0. The van der Waals surface area contributed by atoms with E-state index in [9.17, 15) is 5.21 Å². The summed E-state index contributed by atoms with van der Waals surface area (Å²) in [5.41, 5.74) is 3.88. The number of hydrogen-bond acceptors (Lipinski definition) is 1. The number of hydrogen-bond donors (Lipinski definition) is 0. The van der Waals surface area contributed by atoms with Crippen LogP contribution in [0, 0.1) is 26.0 Å². The van der Waals surface area contributed by atoms with Crippen LogP contribution in [0.3, 0.4) is 0 Å². The third kappa shape index (κ3) is 1.23. The van der Waals surface area contributed by atoms with Gasteiger partial charge in [0.15, 0.2) is 5.69 Å². The Morgan fingerprint density at radius 1 is 1.00 bits per heavy atom. The van der Waals surface area contributed by atoms with E-state index in [2.05, 4.69) is 13.0 Å². The van der Waals surface area contributed by atoms with Crippen LogP contribution in [0.2, 0.25) is 0 Å². The van der Waals surface area contributed by atoms with Crippen molar-refractivity contribution in [1.82, 2.24) is 0 Å². The second kappa shape index (κ2) is 2.98. The lowest BCUT2D eigenvalue weighted by Gasteiger charge is -2.06. The third-order valence-corrected chi connectivity index (χ3v) is 2.69. The molecule has 0 amide bonds. The predicted molar refractivity (Wildman–Crippen MR) is 57.1 cm³/mol. The smallest absolute Gasteiger partial charge is 0.224 e. The van der Waals surface area contributed by atoms with Gasteiger partial charge in [0.1, 0.15) is 0 Å². The molecular weight excluding hydrogens is 174 g/mol. The lowest BCUT2D eigenvalue weighted by atomic mass is 10.1. The molecule has 0 fully saturated rings. The maximum atomic E-state index is 11.7. The minimum atomic E-state index is 0.737. The summed E-state index contributed by atoms with van der Waals surface area (Å²) in [7, 11) is 0. The molecule has 0 bridgehead atoms. The SMILES string of the molecule is Cc1cc2ccc(C)[n+]([O-])c2cc1C. The Bertz CT molecular complexity index is 503. The van der Waals surface area contributed by atoms with Crippen LogP contribution in [-0.2, 0) is 0 Å². The number of aromatic nitrogens is 1. The van der Waals surface area contributed by atoms with Gasteiger partial charge in [-0.05, 0) is 37.1 Å². The molecule has 0 saturated carbocycles. The molecule has 2 rings (SSSR count). The summed E-state index contributed by atoms with van der Waals surface area (Å²) in [6.45, 7) is 5.91. The Balaban J connectivity index is 2.89. The van der Waals surface area contributed by atoms with E-state index < -0.39 is 0 Å². The second-order valence-electron chi connectivity index (χ2n) is 3.76. The molecule has 0 aliphatic rings. The molecule has 1 heterocycles. The molecule has 0 aliphatic carbocycles. The summed E-state index contributed by atoms with van der Waals surface area (Å²) in [4.78, 5) is 0. The van der Waals surface area contributed by atoms with Gasteiger partial charge < -0.3 is 5.21 Å². The van der Waals surface area contributed by atoms with Crippen LogP contribution >= 0.6 is 0 Å². The Kier molecular flexibility index (Phi) is 1.92. The fourth-order valence-electron chi connectivity index (χ4n) is 1.60. The van der Waals surface area contributed by atoms with Gasteiger partial charge in [-0.25, -0.2) is 0 Å². The normalized spacial score (nSPS) is 10.8. The molecule has 0 aliphatic heterocycles. The lowest BCUT2D eigenvalue weighted by molar-refractivity contribution is -0.584. The molecule has 0 unspecified atom stereocenters. The standard InChI is InChI=1S/C12H13NO/c1-8-6-11-5-4-10(3)13(14)12(11)7-9(8)2/h4-7H,1-3H3. The zero-order chi connectivity index (χ0) is 10.3. The van der Waals surface area contributed by atoms with Gasteiger partial charge >= 0.3 is 0 Å². The van der Waals surface area contributed by atoms with Gasteiger partial charge in [-0.15, -0.1) is 0 Å². The van der Waals surface area contributed by atoms with Crippen LogP contribution in [0.1, 0.15) is 16.8 Å². The highest BCUT2D eigenvalue weighted by Crippen LogP contribution is 2.16. The molecule has 2 nitrogen and oxygen atoms in total. The van der Waals surface area contributed by atoms with Gasteiger partial charge in [-0.2, -0.15) is 4.73 Å². The number of benzene rings is 1. The Labute approximate surface area is 83.4 Å². The fourth-order valence-corrected chi connectivity index (χ4v) is 1.60. The van der Waals surface area contributed by atoms with E-state index in [-0.39, 0.29) is 0 Å². The highest BCUT2D eigenvalue weighted by atomic mass is 16.5. The first kappa shape index (κ1) is 9.00. The van der Waals surface area contributed by atoms with Crippen molar-refractivity contribution in [3.05, 3.63) is 46.3 Å². The van der Waals surface area contributed by atoms with Crippen LogP contribution in [0.5, 0.6) is 0 Å². The van der Waals surface area contributed by atoms with Crippen molar-refractivity contribution in [3.8, 4) is 0 Å². The average Bonchev–Trinajstić information content (AvgIpc) is 2.15. The summed E-state index contributed by atoms with van der Waals surface area (Å²) >= 11 is 0. The summed E-state index contributed by atoms with van der Waals surface area (Å²) in [5.74, 6) is 0. The third-order valence-electron chi connectivity index (χ3n) is 2.69. The minimum absolute atomic E-state index is 0.737. The number of nitrogens with zero attached hydrogens (tertiary/aromatic N) is 1. The van der Waals surface area contributed by atoms with E-state index >= 15 is 0 Å². The molecule has 72 valence electrons. The molecule has 0 spiro atoms. The van der Waals surface area contributed by atoms with Gasteiger partial charge in [-0.1, -0.05) is 0 Å². The monoisotopic (exact) mass is 187 g/mol. The zero-order valence-electron chi connectivity index (χ0n) is 8.66. The highest BCUT2D eigenvalue weighted by molar-refractivity contribution is 5.77. The van der Waals surface area contributed by atoms with Gasteiger partial charge in [0.25, 0.3) is 0 Å². The van der Waals surface area contributed by atoms with Gasteiger partial charge in [0, 0.05) is 24.4 Å². The topological polar surface area (TPSA) is 26.9 Å². The number of aryl methyl sites for hydroxylation is 3. The Morgan fingerprint density at radius 3 is 2.36 bits per heavy atom. The highest BCUT2D eigenvalue weighted by Gasteiger charge is 2.07. The van der Waals surface area contributed by atoms with E-state index in [4.69, 9.17) is 0 Å². The van der Waals surface area contributed by atoms with Gasteiger partial charge in [0.2, 0.25) is 5.52 Å². The fraction of sp³-hybridized carbons (Fsp3) is 0.250. The summed E-state index contributed by atoms with van der Waals surface area (Å²) in [5, 5.41) is 12.7. The van der Waals surface area contributed by atoms with Gasteiger partial charge in [-0.3, -0.25) is 0 Å². The van der Waals surface area contributed by atoms with E-state index in [1.54, 1.807) is 0 Å². The van der Waals surface area contributed by atoms with Crippen molar-refractivity contribution < 1.29 is 4.73 Å². The van der Waals surface area contributed by atoms with Crippen LogP contribution in [0.15, 0.2) is 24.3 Å². The lowest BCUT2D eigenvalue weighted by Crippen LogP contribution is -2.30. The Hall–Kier alpha value is -1.57. The molecule has 0 saturated heterocycles.